The van der Waals surface area contributed by atoms with Crippen LogP contribution < -0.4 is 5.32 Å². The number of anilines is 1. The van der Waals surface area contributed by atoms with E-state index in [1.165, 1.54) is 35.1 Å². The molecule has 4 nitrogen and oxygen atoms in total. The Hall–Kier alpha value is -2.88. The zero-order valence-corrected chi connectivity index (χ0v) is 14.8. The van der Waals surface area contributed by atoms with Crippen molar-refractivity contribution < 1.29 is 4.79 Å². The number of nitrogens with one attached hydrogen (secondary N) is 2. The van der Waals surface area contributed by atoms with Crippen molar-refractivity contribution in [3.8, 4) is 11.1 Å². The summed E-state index contributed by atoms with van der Waals surface area (Å²) in [4.78, 5) is 12.4. The molecule has 2 aliphatic carbocycles. The molecule has 0 spiro atoms. The zero-order valence-electron chi connectivity index (χ0n) is 14.8. The van der Waals surface area contributed by atoms with E-state index in [2.05, 4.69) is 64.9 Å². The van der Waals surface area contributed by atoms with Crippen molar-refractivity contribution in [1.82, 2.24) is 10.2 Å². The molecule has 2 aromatic carbocycles. The van der Waals surface area contributed by atoms with Gasteiger partial charge in [0.1, 0.15) is 0 Å². The largest absolute Gasteiger partial charge is 0.309 e. The number of aromatic nitrogens is 2. The first-order valence-corrected chi connectivity index (χ1v) is 9.26. The van der Waals surface area contributed by atoms with Crippen LogP contribution in [0.3, 0.4) is 0 Å². The number of carbonyl (C=O) groups excluding carboxylic acids is 1. The normalized spacial score (nSPS) is 17.7. The van der Waals surface area contributed by atoms with Gasteiger partial charge in [-0.2, -0.15) is 5.10 Å². The van der Waals surface area contributed by atoms with Crippen LogP contribution in [0.2, 0.25) is 0 Å². The summed E-state index contributed by atoms with van der Waals surface area (Å²) in [5.74, 6) is 1.57. The van der Waals surface area contributed by atoms with Gasteiger partial charge in [0.2, 0.25) is 5.91 Å². The fourth-order valence-corrected chi connectivity index (χ4v) is 3.99. The minimum atomic E-state index is -0.0260. The molecule has 3 aromatic rings. The number of aromatic amines is 1. The number of rotatable bonds is 4. The van der Waals surface area contributed by atoms with Gasteiger partial charge in [-0.1, -0.05) is 49.4 Å². The van der Waals surface area contributed by atoms with Crippen LogP contribution in [0.1, 0.15) is 54.0 Å². The molecule has 1 saturated carbocycles. The highest BCUT2D eigenvalue weighted by atomic mass is 16.1. The Morgan fingerprint density at radius 3 is 2.77 bits per heavy atom. The number of amides is 1. The van der Waals surface area contributed by atoms with Gasteiger partial charge in [-0.05, 0) is 40.7 Å². The molecule has 1 aromatic heterocycles. The molecule has 4 heteroatoms. The number of carbonyl (C=O) groups is 1. The van der Waals surface area contributed by atoms with Crippen LogP contribution in [0, 0.1) is 0 Å². The predicted molar refractivity (Wildman–Crippen MR) is 102 cm³/mol. The monoisotopic (exact) mass is 343 g/mol. The van der Waals surface area contributed by atoms with Crippen LogP contribution in [0.25, 0.3) is 11.1 Å². The smallest absolute Gasteiger partial charge is 0.229 e. The van der Waals surface area contributed by atoms with Crippen molar-refractivity contribution in [2.45, 2.75) is 38.0 Å². The predicted octanol–water partition coefficient (Wildman–Crippen LogP) is 4.60. The molecule has 26 heavy (non-hydrogen) atoms. The zero-order chi connectivity index (χ0) is 17.7. The molecular weight excluding hydrogens is 322 g/mol. The van der Waals surface area contributed by atoms with Gasteiger partial charge in [-0.3, -0.25) is 9.89 Å². The Morgan fingerprint density at radius 1 is 1.12 bits per heavy atom. The van der Waals surface area contributed by atoms with Crippen LogP contribution >= 0.6 is 0 Å². The Balaban J connectivity index is 1.32. The number of benzene rings is 2. The van der Waals surface area contributed by atoms with E-state index in [0.717, 1.165) is 11.3 Å². The molecule has 130 valence electrons. The van der Waals surface area contributed by atoms with Gasteiger partial charge in [-0.15, -0.1) is 0 Å². The Bertz CT molecular complexity index is 1000. The molecule has 1 unspecified atom stereocenters. The van der Waals surface area contributed by atoms with E-state index in [4.69, 9.17) is 0 Å². The van der Waals surface area contributed by atoms with E-state index in [0.29, 0.717) is 24.1 Å². The van der Waals surface area contributed by atoms with Gasteiger partial charge < -0.3 is 5.32 Å². The summed E-state index contributed by atoms with van der Waals surface area (Å²) in [5.41, 5.74) is 7.46. The number of H-pyrrole nitrogens is 1. The summed E-state index contributed by atoms with van der Waals surface area (Å²) in [6, 6.07) is 16.9. The second-order valence-electron chi connectivity index (χ2n) is 7.44. The van der Waals surface area contributed by atoms with Gasteiger partial charge >= 0.3 is 0 Å². The lowest BCUT2D eigenvalue weighted by Crippen LogP contribution is -2.14. The molecule has 0 aliphatic heterocycles. The van der Waals surface area contributed by atoms with Gasteiger partial charge in [-0.25, -0.2) is 0 Å². The van der Waals surface area contributed by atoms with Crippen LogP contribution in [-0.4, -0.2) is 16.1 Å². The van der Waals surface area contributed by atoms with E-state index >= 15 is 0 Å². The van der Waals surface area contributed by atoms with Crippen LogP contribution in [0.5, 0.6) is 0 Å². The third kappa shape index (κ3) is 2.62. The van der Waals surface area contributed by atoms with E-state index in [1.807, 2.05) is 6.07 Å². The third-order valence-corrected chi connectivity index (χ3v) is 5.55. The van der Waals surface area contributed by atoms with Crippen molar-refractivity contribution in [2.75, 3.05) is 5.32 Å². The first-order chi connectivity index (χ1) is 12.7. The fraction of sp³-hybridized carbons (Fsp3) is 0.273. The minimum absolute atomic E-state index is 0.0260. The summed E-state index contributed by atoms with van der Waals surface area (Å²) in [5, 5.41) is 10.1. The number of hydrogen-bond donors (Lipinski definition) is 2. The molecule has 1 amide bonds. The first-order valence-electron chi connectivity index (χ1n) is 9.26. The van der Waals surface area contributed by atoms with Crippen molar-refractivity contribution in [3.63, 3.8) is 0 Å². The van der Waals surface area contributed by atoms with Gasteiger partial charge in [0.15, 0.2) is 5.82 Å². The van der Waals surface area contributed by atoms with E-state index in [-0.39, 0.29) is 5.91 Å². The lowest BCUT2D eigenvalue weighted by atomic mass is 9.97. The number of nitrogens with zero attached hydrogens (tertiary/aromatic N) is 1. The minimum Gasteiger partial charge on any atom is -0.309 e. The molecular formula is C22H21N3O. The quantitative estimate of drug-likeness (QED) is 0.727. The second-order valence-corrected chi connectivity index (χ2v) is 7.44. The Morgan fingerprint density at radius 2 is 1.92 bits per heavy atom. The third-order valence-electron chi connectivity index (χ3n) is 5.55. The average Bonchev–Trinajstić information content (AvgIpc) is 3.34. The average molecular weight is 343 g/mol. The van der Waals surface area contributed by atoms with E-state index in [9.17, 15) is 4.79 Å². The number of fused-ring (bicyclic) bond motifs is 3. The molecule has 5 rings (SSSR count). The standard InChI is InChI=1S/C22H21N3O/c1-13-16-4-2-3-5-17(16)18-9-6-14(10-19(13)18)11-22(26)23-21-12-20(24-25-21)15-7-8-15/h2-6,9-10,12-13,15H,7-8,11H2,1H3,(H2,23,24,25,26). The Kier molecular flexibility index (Phi) is 3.45. The SMILES string of the molecule is CC1c2ccccc2-c2ccc(CC(=O)Nc3cc(C4CC4)[nH]n3)cc21. The van der Waals surface area contributed by atoms with Crippen LogP contribution in [-0.2, 0) is 11.2 Å². The summed E-state index contributed by atoms with van der Waals surface area (Å²) in [7, 11) is 0. The molecule has 2 N–H and O–H groups in total. The van der Waals surface area contributed by atoms with Gasteiger partial charge in [0.25, 0.3) is 0 Å². The van der Waals surface area contributed by atoms with Crippen molar-refractivity contribution in [3.05, 3.63) is 70.9 Å². The fourth-order valence-electron chi connectivity index (χ4n) is 3.99. The topological polar surface area (TPSA) is 57.8 Å². The first kappa shape index (κ1) is 15.4. The van der Waals surface area contributed by atoms with Crippen molar-refractivity contribution in [2.24, 2.45) is 0 Å². The second kappa shape index (κ2) is 5.84. The van der Waals surface area contributed by atoms with Gasteiger partial charge in [0.05, 0.1) is 6.42 Å². The maximum Gasteiger partial charge on any atom is 0.229 e. The van der Waals surface area contributed by atoms with E-state index in [1.54, 1.807) is 0 Å². The van der Waals surface area contributed by atoms with Gasteiger partial charge in [0, 0.05) is 23.6 Å². The molecule has 1 fully saturated rings. The molecule has 0 radical (unpaired) electrons. The van der Waals surface area contributed by atoms with Crippen molar-refractivity contribution in [1.29, 1.82) is 0 Å². The number of hydrogen-bond acceptors (Lipinski definition) is 2. The highest BCUT2D eigenvalue weighted by Crippen LogP contribution is 2.44. The molecule has 0 saturated heterocycles. The summed E-state index contributed by atoms with van der Waals surface area (Å²) < 4.78 is 0. The molecule has 0 bridgehead atoms. The maximum absolute atomic E-state index is 12.4. The van der Waals surface area contributed by atoms with Crippen LogP contribution in [0.15, 0.2) is 48.5 Å². The molecule has 2 aliphatic rings. The highest BCUT2D eigenvalue weighted by Gasteiger charge is 2.26. The van der Waals surface area contributed by atoms with Crippen molar-refractivity contribution >= 4 is 11.7 Å². The highest BCUT2D eigenvalue weighted by molar-refractivity contribution is 5.91. The maximum atomic E-state index is 12.4. The van der Waals surface area contributed by atoms with E-state index < -0.39 is 0 Å². The molecule has 1 heterocycles. The van der Waals surface area contributed by atoms with Crippen LogP contribution in [0.4, 0.5) is 5.82 Å². The lowest BCUT2D eigenvalue weighted by Gasteiger charge is -2.09. The lowest BCUT2D eigenvalue weighted by molar-refractivity contribution is -0.115. The summed E-state index contributed by atoms with van der Waals surface area (Å²) in [6.07, 6.45) is 2.79. The summed E-state index contributed by atoms with van der Waals surface area (Å²) in [6.45, 7) is 2.23. The summed E-state index contributed by atoms with van der Waals surface area (Å²) >= 11 is 0. The Labute approximate surface area is 152 Å². The molecule has 1 atom stereocenters.